The summed E-state index contributed by atoms with van der Waals surface area (Å²) < 4.78 is 8.08. The van der Waals surface area contributed by atoms with E-state index in [9.17, 15) is 4.79 Å². The molecule has 27 heavy (non-hydrogen) atoms. The van der Waals surface area contributed by atoms with Crippen molar-refractivity contribution in [1.82, 2.24) is 24.6 Å². The first-order chi connectivity index (χ1) is 13.3. The summed E-state index contributed by atoms with van der Waals surface area (Å²) in [6.07, 6.45) is 9.76. The average molecular weight is 363 g/mol. The molecule has 0 radical (unpaired) electrons. The van der Waals surface area contributed by atoms with Gasteiger partial charge in [0, 0.05) is 36.7 Å². The van der Waals surface area contributed by atoms with Gasteiger partial charge in [-0.15, -0.1) is 0 Å². The summed E-state index contributed by atoms with van der Waals surface area (Å²) in [4.78, 5) is 18.9. The summed E-state index contributed by atoms with van der Waals surface area (Å²) in [6, 6.07) is 7.65. The molecule has 2 aromatic heterocycles. The highest BCUT2D eigenvalue weighted by atomic mass is 16.5. The van der Waals surface area contributed by atoms with Gasteiger partial charge in [0.2, 0.25) is 0 Å². The van der Waals surface area contributed by atoms with Crippen molar-refractivity contribution < 1.29 is 9.53 Å². The van der Waals surface area contributed by atoms with E-state index in [0.29, 0.717) is 18.7 Å². The van der Waals surface area contributed by atoms with Gasteiger partial charge in [-0.1, -0.05) is 0 Å². The van der Waals surface area contributed by atoms with Gasteiger partial charge < -0.3 is 14.2 Å². The van der Waals surface area contributed by atoms with Crippen LogP contribution < -0.4 is 0 Å². The second kappa shape index (κ2) is 6.35. The Labute approximate surface area is 157 Å². The molecule has 0 saturated carbocycles. The van der Waals surface area contributed by atoms with E-state index in [1.807, 2.05) is 46.1 Å². The third kappa shape index (κ3) is 2.75. The molecule has 7 nitrogen and oxygen atoms in total. The number of carbonyl (C=O) groups is 1. The molecule has 1 saturated heterocycles. The molecule has 1 amide bonds. The van der Waals surface area contributed by atoms with Crippen LogP contribution in [0, 0.1) is 0 Å². The molecule has 2 aliphatic heterocycles. The normalized spacial score (nSPS) is 18.4. The number of carbonyl (C=O) groups excluding carboxylic acids is 1. The third-order valence-corrected chi connectivity index (χ3v) is 5.70. The van der Waals surface area contributed by atoms with Crippen LogP contribution in [0.3, 0.4) is 0 Å². The molecule has 138 valence electrons. The van der Waals surface area contributed by atoms with Gasteiger partial charge in [-0.05, 0) is 49.1 Å². The lowest BCUT2D eigenvalue weighted by molar-refractivity contribution is -0.0962. The van der Waals surface area contributed by atoms with Crippen LogP contribution in [0.2, 0.25) is 0 Å². The summed E-state index contributed by atoms with van der Waals surface area (Å²) in [5.74, 6) is 0.0719. The van der Waals surface area contributed by atoms with E-state index in [0.717, 1.165) is 37.3 Å². The topological polar surface area (TPSA) is 76.0 Å². The second-order valence-corrected chi connectivity index (χ2v) is 7.17. The number of H-pyrrole nitrogens is 1. The number of aromatic amines is 1. The quantitative estimate of drug-likeness (QED) is 0.758. The minimum Gasteiger partial charge on any atom is -0.368 e. The molecule has 0 bridgehead atoms. The standard InChI is InChI=1S/C20H21N5O2/c26-19(15-1-3-17(4-2-15)25-11-8-21-14-25)24-9-6-20(7-10-24)18-16(5-12-27-20)13-22-23-18/h1-4,8,11,13-14H,5-7,9-10,12H2,(H,22,23). The molecule has 0 atom stereocenters. The lowest BCUT2D eigenvalue weighted by Crippen LogP contribution is -2.48. The van der Waals surface area contributed by atoms with Gasteiger partial charge in [-0.2, -0.15) is 5.10 Å². The van der Waals surface area contributed by atoms with E-state index >= 15 is 0 Å². The number of ether oxygens (including phenoxy) is 1. The average Bonchev–Trinajstić information content (AvgIpc) is 3.41. The number of hydrogen-bond donors (Lipinski definition) is 1. The zero-order chi connectivity index (χ0) is 18.3. The first-order valence-electron chi connectivity index (χ1n) is 9.30. The Morgan fingerprint density at radius 3 is 2.74 bits per heavy atom. The molecule has 5 rings (SSSR count). The van der Waals surface area contributed by atoms with E-state index in [1.54, 1.807) is 12.5 Å². The predicted octanol–water partition coefficient (Wildman–Crippen LogP) is 2.30. The van der Waals surface area contributed by atoms with Crippen LogP contribution in [0.1, 0.15) is 34.5 Å². The number of amides is 1. The molecule has 1 spiro atoms. The minimum atomic E-state index is -0.313. The molecule has 4 heterocycles. The summed E-state index contributed by atoms with van der Waals surface area (Å²) in [5, 5.41) is 7.32. The van der Waals surface area contributed by atoms with Crippen LogP contribution in [0.25, 0.3) is 5.69 Å². The number of nitrogens with zero attached hydrogens (tertiary/aromatic N) is 4. The minimum absolute atomic E-state index is 0.0719. The highest BCUT2D eigenvalue weighted by Crippen LogP contribution is 2.40. The monoisotopic (exact) mass is 363 g/mol. The molecular weight excluding hydrogens is 342 g/mol. The van der Waals surface area contributed by atoms with E-state index < -0.39 is 0 Å². The van der Waals surface area contributed by atoms with Crippen LogP contribution in [-0.2, 0) is 16.8 Å². The molecular formula is C20H21N5O2. The predicted molar refractivity (Wildman–Crippen MR) is 98.6 cm³/mol. The van der Waals surface area contributed by atoms with Crippen molar-refractivity contribution in [3.05, 3.63) is 66.0 Å². The van der Waals surface area contributed by atoms with Gasteiger partial charge >= 0.3 is 0 Å². The largest absolute Gasteiger partial charge is 0.368 e. The highest BCUT2D eigenvalue weighted by molar-refractivity contribution is 5.94. The number of rotatable bonds is 2. The zero-order valence-corrected chi connectivity index (χ0v) is 15.0. The maximum Gasteiger partial charge on any atom is 0.253 e. The summed E-state index contributed by atoms with van der Waals surface area (Å²) in [6.45, 7) is 2.08. The smallest absolute Gasteiger partial charge is 0.253 e. The number of nitrogens with one attached hydrogen (secondary N) is 1. The van der Waals surface area contributed by atoms with E-state index in [1.165, 1.54) is 5.56 Å². The van der Waals surface area contributed by atoms with Crippen LogP contribution in [0.4, 0.5) is 0 Å². The van der Waals surface area contributed by atoms with Crippen LogP contribution in [0.15, 0.2) is 49.2 Å². The third-order valence-electron chi connectivity index (χ3n) is 5.70. The molecule has 3 aromatic rings. The lowest BCUT2D eigenvalue weighted by atomic mass is 9.83. The van der Waals surface area contributed by atoms with Crippen LogP contribution in [-0.4, -0.2) is 50.3 Å². The number of hydrogen-bond acceptors (Lipinski definition) is 4. The summed E-state index contributed by atoms with van der Waals surface area (Å²) in [5.41, 5.74) is 3.74. The van der Waals surface area contributed by atoms with Crippen molar-refractivity contribution >= 4 is 5.91 Å². The number of aromatic nitrogens is 4. The van der Waals surface area contributed by atoms with Gasteiger partial charge in [0.1, 0.15) is 5.60 Å². The van der Waals surface area contributed by atoms with Crippen LogP contribution in [0.5, 0.6) is 0 Å². The van der Waals surface area contributed by atoms with Crippen molar-refractivity contribution in [2.75, 3.05) is 19.7 Å². The van der Waals surface area contributed by atoms with Gasteiger partial charge in [0.15, 0.2) is 0 Å². The lowest BCUT2D eigenvalue weighted by Gasteiger charge is -2.43. The van der Waals surface area contributed by atoms with E-state index in [-0.39, 0.29) is 11.5 Å². The Balaban J connectivity index is 1.30. The number of imidazole rings is 1. The van der Waals surface area contributed by atoms with Crippen LogP contribution >= 0.6 is 0 Å². The number of likely N-dealkylation sites (tertiary alicyclic amines) is 1. The van der Waals surface area contributed by atoms with Crippen molar-refractivity contribution in [1.29, 1.82) is 0 Å². The van der Waals surface area contributed by atoms with Crippen molar-refractivity contribution in [3.8, 4) is 5.69 Å². The summed E-state index contributed by atoms with van der Waals surface area (Å²) >= 11 is 0. The van der Waals surface area contributed by atoms with Gasteiger partial charge in [0.05, 0.1) is 24.8 Å². The number of piperidine rings is 1. The van der Waals surface area contributed by atoms with Gasteiger partial charge in [-0.3, -0.25) is 9.89 Å². The molecule has 0 aliphatic carbocycles. The zero-order valence-electron chi connectivity index (χ0n) is 15.0. The Bertz CT molecular complexity index is 937. The first kappa shape index (κ1) is 16.3. The van der Waals surface area contributed by atoms with E-state index in [2.05, 4.69) is 15.2 Å². The molecule has 1 aromatic carbocycles. The second-order valence-electron chi connectivity index (χ2n) is 7.17. The van der Waals surface area contributed by atoms with E-state index in [4.69, 9.17) is 4.74 Å². The fraction of sp³-hybridized carbons (Fsp3) is 0.350. The Morgan fingerprint density at radius 1 is 1.19 bits per heavy atom. The molecule has 1 fully saturated rings. The Kier molecular flexibility index (Phi) is 3.82. The maximum atomic E-state index is 12.9. The summed E-state index contributed by atoms with van der Waals surface area (Å²) in [7, 11) is 0. The van der Waals surface area contributed by atoms with Crippen molar-refractivity contribution in [2.45, 2.75) is 24.9 Å². The molecule has 1 N–H and O–H groups in total. The Morgan fingerprint density at radius 2 is 2.00 bits per heavy atom. The maximum absolute atomic E-state index is 12.9. The van der Waals surface area contributed by atoms with Gasteiger partial charge in [0.25, 0.3) is 5.91 Å². The molecule has 2 aliphatic rings. The molecule has 0 unspecified atom stereocenters. The highest BCUT2D eigenvalue weighted by Gasteiger charge is 2.43. The van der Waals surface area contributed by atoms with Crippen molar-refractivity contribution in [3.63, 3.8) is 0 Å². The Hall–Kier alpha value is -2.93. The SMILES string of the molecule is O=C(c1ccc(-n2ccnc2)cc1)N1CCC2(CC1)OCCc1cn[nH]c12. The first-order valence-corrected chi connectivity index (χ1v) is 9.30. The fourth-order valence-electron chi connectivity index (χ4n) is 4.16. The number of benzene rings is 1. The number of fused-ring (bicyclic) bond motifs is 2. The van der Waals surface area contributed by atoms with Gasteiger partial charge in [-0.25, -0.2) is 4.98 Å². The molecule has 7 heteroatoms. The fourth-order valence-corrected chi connectivity index (χ4v) is 4.16. The van der Waals surface area contributed by atoms with Crippen molar-refractivity contribution in [2.24, 2.45) is 0 Å².